The van der Waals surface area contributed by atoms with E-state index < -0.39 is 16.1 Å². The van der Waals surface area contributed by atoms with Crippen molar-refractivity contribution >= 4 is 34.7 Å². The number of nitro benzene ring substituents is 1. The minimum absolute atomic E-state index is 0.0133. The van der Waals surface area contributed by atoms with Crippen LogP contribution in [0, 0.1) is 10.1 Å². The smallest absolute Gasteiger partial charge is 0.293 e. The van der Waals surface area contributed by atoms with Gasteiger partial charge in [0.05, 0.1) is 29.6 Å². The first-order valence-corrected chi connectivity index (χ1v) is 9.93. The first kappa shape index (κ1) is 21.4. The quantitative estimate of drug-likeness (QED) is 0.360. The number of imide groups is 1. The van der Waals surface area contributed by atoms with Gasteiger partial charge in [-0.1, -0.05) is 18.2 Å². The third-order valence-corrected chi connectivity index (χ3v) is 5.12. The fraction of sp³-hybridized carbons (Fsp3) is 0.238. The molecular weight excluding hydrogens is 408 g/mol. The molecule has 9 heteroatoms. The Morgan fingerprint density at radius 3 is 2.43 bits per heavy atom. The van der Waals surface area contributed by atoms with Crippen LogP contribution < -0.4 is 9.47 Å². The number of thioether (sulfide) groups is 1. The number of benzene rings is 2. The number of carbonyl (C=O) groups is 2. The monoisotopic (exact) mass is 428 g/mol. The maximum Gasteiger partial charge on any atom is 0.293 e. The molecule has 0 radical (unpaired) electrons. The van der Waals surface area contributed by atoms with Crippen LogP contribution in [0.3, 0.4) is 0 Å². The van der Waals surface area contributed by atoms with Crippen LogP contribution in [0.25, 0.3) is 6.08 Å². The standard InChI is InChI=1S/C21H20N2O6S/c1-13(2)29-17-9-6-15(10-18(17)28-3)11-19-20(24)22(21(25)30-19)12-14-4-7-16(8-5-14)23(26)27/h4-11,13H,12H2,1-3H3/b19-11-. The van der Waals surface area contributed by atoms with Gasteiger partial charge in [-0.05, 0) is 54.9 Å². The summed E-state index contributed by atoms with van der Waals surface area (Å²) in [6, 6.07) is 11.0. The second-order valence-corrected chi connectivity index (χ2v) is 7.76. The molecule has 0 aliphatic carbocycles. The summed E-state index contributed by atoms with van der Waals surface area (Å²) in [7, 11) is 1.53. The van der Waals surface area contributed by atoms with Crippen molar-refractivity contribution in [3.63, 3.8) is 0 Å². The lowest BCUT2D eigenvalue weighted by Gasteiger charge is -2.14. The lowest BCUT2D eigenvalue weighted by Crippen LogP contribution is -2.27. The van der Waals surface area contributed by atoms with E-state index in [1.54, 1.807) is 24.3 Å². The van der Waals surface area contributed by atoms with Crippen LogP contribution in [0.1, 0.15) is 25.0 Å². The van der Waals surface area contributed by atoms with Crippen molar-refractivity contribution < 1.29 is 24.0 Å². The molecule has 0 aromatic heterocycles. The molecule has 1 aliphatic rings. The number of non-ortho nitro benzene ring substituents is 1. The predicted molar refractivity (Wildman–Crippen MR) is 113 cm³/mol. The first-order chi connectivity index (χ1) is 14.3. The van der Waals surface area contributed by atoms with Crippen LogP contribution in [0.5, 0.6) is 11.5 Å². The molecule has 30 heavy (non-hydrogen) atoms. The van der Waals surface area contributed by atoms with E-state index in [9.17, 15) is 19.7 Å². The van der Waals surface area contributed by atoms with Crippen molar-refractivity contribution in [1.82, 2.24) is 4.90 Å². The predicted octanol–water partition coefficient (Wildman–Crippen LogP) is 4.63. The van der Waals surface area contributed by atoms with Gasteiger partial charge in [0, 0.05) is 12.1 Å². The zero-order chi connectivity index (χ0) is 21.8. The van der Waals surface area contributed by atoms with Crippen LogP contribution >= 0.6 is 11.8 Å². The van der Waals surface area contributed by atoms with Gasteiger partial charge in [0.2, 0.25) is 0 Å². The van der Waals surface area contributed by atoms with Gasteiger partial charge in [-0.15, -0.1) is 0 Å². The van der Waals surface area contributed by atoms with Crippen LogP contribution in [0.15, 0.2) is 47.4 Å². The van der Waals surface area contributed by atoms with Gasteiger partial charge in [0.25, 0.3) is 16.8 Å². The number of amides is 2. The number of methoxy groups -OCH3 is 1. The largest absolute Gasteiger partial charge is 0.493 e. The van der Waals surface area contributed by atoms with E-state index in [0.717, 1.165) is 16.7 Å². The highest BCUT2D eigenvalue weighted by Crippen LogP contribution is 2.35. The van der Waals surface area contributed by atoms with E-state index in [2.05, 4.69) is 0 Å². The molecule has 0 spiro atoms. The minimum Gasteiger partial charge on any atom is -0.493 e. The molecule has 1 saturated heterocycles. The number of hydrogen-bond acceptors (Lipinski definition) is 7. The molecule has 0 atom stereocenters. The van der Waals surface area contributed by atoms with Gasteiger partial charge in [-0.3, -0.25) is 24.6 Å². The Bertz CT molecular complexity index is 1020. The maximum absolute atomic E-state index is 12.7. The van der Waals surface area contributed by atoms with E-state index >= 15 is 0 Å². The van der Waals surface area contributed by atoms with Crippen molar-refractivity contribution in [3.8, 4) is 11.5 Å². The molecule has 1 fully saturated rings. The van der Waals surface area contributed by atoms with E-state index in [4.69, 9.17) is 9.47 Å². The lowest BCUT2D eigenvalue weighted by atomic mass is 10.1. The van der Waals surface area contributed by atoms with Crippen LogP contribution in [0.2, 0.25) is 0 Å². The molecule has 0 saturated carbocycles. The fourth-order valence-corrected chi connectivity index (χ4v) is 3.66. The highest BCUT2D eigenvalue weighted by atomic mass is 32.2. The molecule has 156 valence electrons. The minimum atomic E-state index is -0.502. The van der Waals surface area contributed by atoms with Crippen molar-refractivity contribution in [1.29, 1.82) is 0 Å². The van der Waals surface area contributed by atoms with Crippen molar-refractivity contribution in [2.24, 2.45) is 0 Å². The first-order valence-electron chi connectivity index (χ1n) is 9.12. The second-order valence-electron chi connectivity index (χ2n) is 6.77. The molecular formula is C21H20N2O6S. The van der Waals surface area contributed by atoms with Gasteiger partial charge in [0.15, 0.2) is 11.5 Å². The Labute approximate surface area is 177 Å². The molecule has 8 nitrogen and oxygen atoms in total. The highest BCUT2D eigenvalue weighted by Gasteiger charge is 2.35. The van der Waals surface area contributed by atoms with E-state index in [1.807, 2.05) is 13.8 Å². The highest BCUT2D eigenvalue weighted by molar-refractivity contribution is 8.18. The van der Waals surface area contributed by atoms with E-state index in [0.29, 0.717) is 27.5 Å². The summed E-state index contributed by atoms with van der Waals surface area (Å²) in [6.07, 6.45) is 1.61. The van der Waals surface area contributed by atoms with Gasteiger partial charge >= 0.3 is 0 Å². The SMILES string of the molecule is COc1cc(/C=C2\SC(=O)N(Cc3ccc([N+](=O)[O-])cc3)C2=O)ccc1OC(C)C. The van der Waals surface area contributed by atoms with Gasteiger partial charge in [-0.2, -0.15) is 0 Å². The summed E-state index contributed by atoms with van der Waals surface area (Å²) in [5.41, 5.74) is 1.27. The number of ether oxygens (including phenoxy) is 2. The Kier molecular flexibility index (Phi) is 6.41. The zero-order valence-electron chi connectivity index (χ0n) is 16.7. The van der Waals surface area contributed by atoms with Crippen LogP contribution in [-0.2, 0) is 11.3 Å². The van der Waals surface area contributed by atoms with E-state index in [1.165, 1.54) is 31.4 Å². The summed E-state index contributed by atoms with van der Waals surface area (Å²) >= 11 is 0.850. The Morgan fingerprint density at radius 1 is 1.13 bits per heavy atom. The maximum atomic E-state index is 12.7. The number of carbonyl (C=O) groups excluding carboxylic acids is 2. The summed E-state index contributed by atoms with van der Waals surface area (Å²) in [4.78, 5) is 36.7. The van der Waals surface area contributed by atoms with Gasteiger partial charge in [0.1, 0.15) is 0 Å². The summed E-state index contributed by atoms with van der Waals surface area (Å²) in [6.45, 7) is 3.87. The van der Waals surface area contributed by atoms with Crippen molar-refractivity contribution in [2.75, 3.05) is 7.11 Å². The molecule has 0 N–H and O–H groups in total. The second kappa shape index (κ2) is 9.00. The van der Waals surface area contributed by atoms with E-state index in [-0.39, 0.29) is 18.3 Å². The zero-order valence-corrected chi connectivity index (χ0v) is 17.5. The number of nitrogens with zero attached hydrogens (tertiary/aromatic N) is 2. The van der Waals surface area contributed by atoms with Gasteiger partial charge < -0.3 is 9.47 Å². The normalized spacial score (nSPS) is 15.2. The lowest BCUT2D eigenvalue weighted by molar-refractivity contribution is -0.384. The molecule has 0 unspecified atom stereocenters. The third kappa shape index (κ3) is 4.80. The average Bonchev–Trinajstić information content (AvgIpc) is 2.96. The molecule has 2 aromatic carbocycles. The number of rotatable bonds is 7. The molecule has 2 aromatic rings. The van der Waals surface area contributed by atoms with Crippen molar-refractivity contribution in [3.05, 3.63) is 68.6 Å². The number of nitro groups is 1. The average molecular weight is 428 g/mol. The Morgan fingerprint density at radius 2 is 1.83 bits per heavy atom. The third-order valence-electron chi connectivity index (χ3n) is 4.21. The Hall–Kier alpha value is -3.33. The molecule has 2 amide bonds. The number of hydrogen-bond donors (Lipinski definition) is 0. The van der Waals surface area contributed by atoms with Crippen molar-refractivity contribution in [2.45, 2.75) is 26.5 Å². The summed E-state index contributed by atoms with van der Waals surface area (Å²) in [5.74, 6) is 0.711. The molecule has 1 heterocycles. The topological polar surface area (TPSA) is 99.0 Å². The molecule has 1 aliphatic heterocycles. The fourth-order valence-electron chi connectivity index (χ4n) is 2.82. The molecule has 0 bridgehead atoms. The summed E-state index contributed by atoms with van der Waals surface area (Å²) < 4.78 is 11.0. The summed E-state index contributed by atoms with van der Waals surface area (Å²) in [5, 5.41) is 10.4. The van der Waals surface area contributed by atoms with Gasteiger partial charge in [-0.25, -0.2) is 0 Å². The Balaban J connectivity index is 1.78. The van der Waals surface area contributed by atoms with Crippen LogP contribution in [-0.4, -0.2) is 34.2 Å². The molecule has 3 rings (SSSR count). The van der Waals surface area contributed by atoms with Crippen LogP contribution in [0.4, 0.5) is 10.5 Å².